The van der Waals surface area contributed by atoms with E-state index in [9.17, 15) is 15.2 Å². The normalized spacial score (nSPS) is 19.5. The first-order valence-corrected chi connectivity index (χ1v) is 8.15. The molecule has 2 aromatic carbocycles. The summed E-state index contributed by atoms with van der Waals surface area (Å²) < 4.78 is 12.4. The largest absolute Gasteiger partial charge is 0.539 e. The number of aromatic nitrogens is 2. The second-order valence-electron chi connectivity index (χ2n) is 5.99. The monoisotopic (exact) mass is 353 g/mol. The van der Waals surface area contributed by atoms with Gasteiger partial charge < -0.3 is 14.4 Å². The number of fused-ring (bicyclic) bond motifs is 1. The quantitative estimate of drug-likeness (QED) is 0.406. The Morgan fingerprint density at radius 3 is 2.62 bits per heavy atom. The second-order valence-corrected chi connectivity index (χ2v) is 5.99. The van der Waals surface area contributed by atoms with Gasteiger partial charge in [-0.05, 0) is 11.6 Å². The van der Waals surface area contributed by atoms with Crippen molar-refractivity contribution in [3.63, 3.8) is 0 Å². The van der Waals surface area contributed by atoms with Crippen LogP contribution >= 0.6 is 0 Å². The van der Waals surface area contributed by atoms with Gasteiger partial charge >= 0.3 is 0 Å². The maximum atomic E-state index is 12.2. The van der Waals surface area contributed by atoms with E-state index in [0.717, 1.165) is 5.56 Å². The molecule has 0 radical (unpaired) electrons. The molecular formula is C18H15N3O5. The molecule has 0 bridgehead atoms. The van der Waals surface area contributed by atoms with E-state index in [1.165, 1.54) is 10.7 Å². The number of para-hydroxylation sites is 1. The van der Waals surface area contributed by atoms with Crippen LogP contribution in [0.2, 0.25) is 0 Å². The van der Waals surface area contributed by atoms with Crippen LogP contribution in [-0.2, 0) is 11.3 Å². The van der Waals surface area contributed by atoms with Gasteiger partial charge in [0.05, 0.1) is 21.9 Å². The molecule has 1 aliphatic heterocycles. The molecule has 8 heteroatoms. The van der Waals surface area contributed by atoms with Crippen molar-refractivity contribution in [3.05, 3.63) is 81.5 Å². The number of rotatable bonds is 3. The molecule has 1 aliphatic rings. The van der Waals surface area contributed by atoms with Crippen molar-refractivity contribution in [2.45, 2.75) is 25.2 Å². The van der Waals surface area contributed by atoms with Gasteiger partial charge in [-0.2, -0.15) is 0 Å². The van der Waals surface area contributed by atoms with E-state index in [2.05, 4.69) is 5.27 Å². The van der Waals surface area contributed by atoms with Crippen molar-refractivity contribution in [1.82, 2.24) is 5.27 Å². The van der Waals surface area contributed by atoms with Crippen LogP contribution in [0.4, 0.5) is 5.69 Å². The van der Waals surface area contributed by atoms with E-state index in [1.54, 1.807) is 18.2 Å². The van der Waals surface area contributed by atoms with Crippen LogP contribution in [0.15, 0.2) is 59.1 Å². The van der Waals surface area contributed by atoms with Gasteiger partial charge in [-0.15, -0.1) is 0 Å². The Morgan fingerprint density at radius 1 is 1.12 bits per heavy atom. The third-order valence-corrected chi connectivity index (χ3v) is 4.45. The highest BCUT2D eigenvalue weighted by Gasteiger charge is 2.39. The highest BCUT2D eigenvalue weighted by atomic mass is 16.6. The lowest BCUT2D eigenvalue weighted by Gasteiger charge is -2.20. The summed E-state index contributed by atoms with van der Waals surface area (Å²) in [5.74, 6) is -0.651. The summed E-state index contributed by atoms with van der Waals surface area (Å²) in [7, 11) is 0. The van der Waals surface area contributed by atoms with Gasteiger partial charge in [0.1, 0.15) is 0 Å². The molecule has 4 rings (SSSR count). The van der Waals surface area contributed by atoms with Crippen LogP contribution < -0.4 is 9.79 Å². The van der Waals surface area contributed by atoms with Gasteiger partial charge in [-0.25, -0.2) is 0 Å². The number of hydrogen-bond acceptors (Lipinski definition) is 6. The van der Waals surface area contributed by atoms with Gasteiger partial charge in [0, 0.05) is 12.5 Å². The highest BCUT2D eigenvalue weighted by molar-refractivity contribution is 5.44. The lowest BCUT2D eigenvalue weighted by molar-refractivity contribution is -0.768. The molecule has 2 heterocycles. The second kappa shape index (κ2) is 6.57. The molecule has 26 heavy (non-hydrogen) atoms. The smallest absolute Gasteiger partial charge is 0.275 e. The minimum absolute atomic E-state index is 0.113. The predicted molar refractivity (Wildman–Crippen MR) is 86.0 cm³/mol. The number of nitro benzene ring substituents is 1. The van der Waals surface area contributed by atoms with E-state index < -0.39 is 17.0 Å². The first-order chi connectivity index (χ1) is 12.6. The fourth-order valence-corrected chi connectivity index (χ4v) is 3.23. The number of aryl methyl sites for hydroxylation is 1. The molecule has 0 saturated carbocycles. The van der Waals surface area contributed by atoms with Gasteiger partial charge in [-0.1, -0.05) is 47.1 Å². The summed E-state index contributed by atoms with van der Waals surface area (Å²) in [5, 5.41) is 27.5. The average Bonchev–Trinajstić information content (AvgIpc) is 2.92. The Morgan fingerprint density at radius 2 is 1.85 bits per heavy atom. The topological polar surface area (TPSA) is 105 Å². The van der Waals surface area contributed by atoms with Gasteiger partial charge in [-0.3, -0.25) is 10.1 Å². The maximum Gasteiger partial charge on any atom is 0.275 e. The van der Waals surface area contributed by atoms with E-state index in [0.29, 0.717) is 18.5 Å². The zero-order chi connectivity index (χ0) is 18.1. The highest BCUT2D eigenvalue weighted by Crippen LogP contribution is 2.40. The number of nitrogens with zero attached hydrogens (tertiary/aromatic N) is 3. The number of nitro groups is 1. The van der Waals surface area contributed by atoms with E-state index >= 15 is 0 Å². The first-order valence-electron chi connectivity index (χ1n) is 8.15. The van der Waals surface area contributed by atoms with Crippen molar-refractivity contribution < 1.29 is 24.0 Å². The van der Waals surface area contributed by atoms with Gasteiger partial charge in [0.25, 0.3) is 11.4 Å². The fraction of sp³-hybridized carbons (Fsp3) is 0.222. The average molecular weight is 353 g/mol. The molecule has 0 fully saturated rings. The molecule has 0 spiro atoms. The third kappa shape index (κ3) is 2.80. The molecule has 2 atom stereocenters. The van der Waals surface area contributed by atoms with Crippen molar-refractivity contribution in [3.8, 4) is 5.95 Å². The summed E-state index contributed by atoms with van der Waals surface area (Å²) in [6, 6.07) is 15.8. The van der Waals surface area contributed by atoms with Crippen LogP contribution in [0.3, 0.4) is 0 Å². The van der Waals surface area contributed by atoms with Crippen molar-refractivity contribution in [2.24, 2.45) is 0 Å². The van der Waals surface area contributed by atoms with Crippen LogP contribution in [0, 0.1) is 10.1 Å². The molecule has 0 unspecified atom stereocenters. The predicted octanol–water partition coefficient (Wildman–Crippen LogP) is 2.19. The van der Waals surface area contributed by atoms with Crippen LogP contribution in [0.25, 0.3) is 0 Å². The first kappa shape index (κ1) is 16.2. The molecule has 3 aromatic rings. The lowest BCUT2D eigenvalue weighted by atomic mass is 10.0. The summed E-state index contributed by atoms with van der Waals surface area (Å²) >= 11 is 0. The van der Waals surface area contributed by atoms with Crippen LogP contribution in [0.5, 0.6) is 5.95 Å². The maximum absolute atomic E-state index is 12.2. The molecule has 0 N–H and O–H groups in total. The van der Waals surface area contributed by atoms with E-state index in [4.69, 9.17) is 9.26 Å². The molecule has 0 aliphatic carbocycles. The van der Waals surface area contributed by atoms with E-state index in [-0.39, 0.29) is 17.5 Å². The standard InChI is InChI=1S/C18H15N3O5/c22-18-16-17(13-8-4-5-9-14(13)21(23)24)25-15(10-11-20(16)19-26-18)12-6-2-1-3-7-12/h1-9,15,17H,10-11H2/t15-,17-/m0/s1. The van der Waals surface area contributed by atoms with E-state index in [1.807, 2.05) is 30.3 Å². The summed E-state index contributed by atoms with van der Waals surface area (Å²) in [6.45, 7) is 0.414. The minimum Gasteiger partial charge on any atom is -0.539 e. The lowest BCUT2D eigenvalue weighted by Crippen LogP contribution is -2.39. The zero-order valence-electron chi connectivity index (χ0n) is 13.6. The third-order valence-electron chi connectivity index (χ3n) is 4.45. The number of ether oxygens (including phenoxy) is 1. The van der Waals surface area contributed by atoms with Gasteiger partial charge in [0.15, 0.2) is 18.6 Å². The summed E-state index contributed by atoms with van der Waals surface area (Å²) in [4.78, 5) is 11.0. The van der Waals surface area contributed by atoms with Gasteiger partial charge in [0.2, 0.25) is 0 Å². The molecule has 0 saturated heterocycles. The molecular weight excluding hydrogens is 338 g/mol. The molecule has 1 aromatic heterocycles. The Labute approximate surface area is 148 Å². The summed E-state index contributed by atoms with van der Waals surface area (Å²) in [6.07, 6.45) is -0.713. The minimum atomic E-state index is -0.942. The van der Waals surface area contributed by atoms with Crippen molar-refractivity contribution in [1.29, 1.82) is 0 Å². The number of hydrogen-bond donors (Lipinski definition) is 0. The fourth-order valence-electron chi connectivity index (χ4n) is 3.23. The SMILES string of the molecule is O=[N+]([O-])c1ccccc1[C@@H]1O[C@H](c2ccccc2)CC[n+]2noc([O-])c21. The summed E-state index contributed by atoms with van der Waals surface area (Å²) in [5.41, 5.74) is 1.29. The molecule has 132 valence electrons. The molecule has 0 amide bonds. The van der Waals surface area contributed by atoms with Crippen LogP contribution in [0.1, 0.15) is 35.4 Å². The Balaban J connectivity index is 1.83. The zero-order valence-corrected chi connectivity index (χ0v) is 13.6. The van der Waals surface area contributed by atoms with Crippen LogP contribution in [-0.4, -0.2) is 10.2 Å². The molecule has 8 nitrogen and oxygen atoms in total. The van der Waals surface area contributed by atoms with Crippen molar-refractivity contribution >= 4 is 5.69 Å². The Bertz CT molecular complexity index is 941. The van der Waals surface area contributed by atoms with Crippen molar-refractivity contribution in [2.75, 3.05) is 0 Å². The Hall–Kier alpha value is -3.26. The number of benzene rings is 2. The Kier molecular flexibility index (Phi) is 4.10.